The van der Waals surface area contributed by atoms with Gasteiger partial charge in [-0.3, -0.25) is 9.59 Å². The number of rotatable bonds is 7. The van der Waals surface area contributed by atoms with Crippen LogP contribution in [0.2, 0.25) is 0 Å². The number of benzene rings is 2. The largest absolute Gasteiger partial charge is 0.322 e. The minimum Gasteiger partial charge on any atom is -0.322 e. The number of carbonyl (C=O) groups is 2. The van der Waals surface area contributed by atoms with E-state index in [4.69, 9.17) is 0 Å². The zero-order chi connectivity index (χ0) is 25.0. The van der Waals surface area contributed by atoms with Crippen LogP contribution in [0.3, 0.4) is 0 Å². The predicted molar refractivity (Wildman–Crippen MR) is 145 cm³/mol. The van der Waals surface area contributed by atoms with Gasteiger partial charge in [-0.05, 0) is 60.8 Å². The maximum absolute atomic E-state index is 13.4. The average Bonchev–Trinajstić information content (AvgIpc) is 3.17. The van der Waals surface area contributed by atoms with E-state index in [0.29, 0.717) is 23.0 Å². The molecule has 1 aliphatic rings. The quantitative estimate of drug-likeness (QED) is 0.371. The fourth-order valence-corrected chi connectivity index (χ4v) is 5.91. The molecular weight excluding hydrogens is 454 g/mol. The monoisotopic (exact) mass is 489 g/mol. The van der Waals surface area contributed by atoms with E-state index >= 15 is 0 Å². The summed E-state index contributed by atoms with van der Waals surface area (Å²) in [6.07, 6.45) is 2.84. The Labute approximate surface area is 212 Å². The molecule has 3 N–H and O–H groups in total. The molecule has 2 aromatic carbocycles. The Morgan fingerprint density at radius 3 is 2.40 bits per heavy atom. The maximum Gasteiger partial charge on any atom is 0.258 e. The van der Waals surface area contributed by atoms with Gasteiger partial charge in [0.25, 0.3) is 5.91 Å². The van der Waals surface area contributed by atoms with Gasteiger partial charge in [-0.15, -0.1) is 11.3 Å². The molecule has 5 nitrogen and oxygen atoms in total. The Kier molecular flexibility index (Phi) is 7.72. The van der Waals surface area contributed by atoms with Crippen molar-refractivity contribution in [3.8, 4) is 0 Å². The third-order valence-corrected chi connectivity index (χ3v) is 7.91. The Morgan fingerprint density at radius 1 is 1.00 bits per heavy atom. The summed E-state index contributed by atoms with van der Waals surface area (Å²) in [5.74, 6) is 0.252. The molecule has 1 atom stereocenters. The Balaban J connectivity index is 1.52. The van der Waals surface area contributed by atoms with Gasteiger partial charge in [0.05, 0.1) is 12.1 Å². The summed E-state index contributed by atoms with van der Waals surface area (Å²) in [6, 6.07) is 17.8. The van der Waals surface area contributed by atoms with Gasteiger partial charge >= 0.3 is 0 Å². The van der Waals surface area contributed by atoms with Gasteiger partial charge in [-0.25, -0.2) is 0 Å². The number of hydrogen-bond acceptors (Lipinski definition) is 4. The Hall–Kier alpha value is -2.96. The summed E-state index contributed by atoms with van der Waals surface area (Å²) in [7, 11) is 0. The zero-order valence-corrected chi connectivity index (χ0v) is 21.9. The minimum absolute atomic E-state index is 0.142. The number of nitrogens with one attached hydrogen (secondary N) is 3. The number of anilines is 2. The van der Waals surface area contributed by atoms with Gasteiger partial charge in [-0.2, -0.15) is 0 Å². The normalized spacial score (nSPS) is 15.4. The van der Waals surface area contributed by atoms with Crippen molar-refractivity contribution in [2.24, 2.45) is 11.3 Å². The van der Waals surface area contributed by atoms with Gasteiger partial charge in [0.2, 0.25) is 5.91 Å². The van der Waals surface area contributed by atoms with Crippen molar-refractivity contribution in [1.82, 2.24) is 5.32 Å². The second kappa shape index (κ2) is 10.8. The molecule has 1 aliphatic carbocycles. The first-order chi connectivity index (χ1) is 16.7. The van der Waals surface area contributed by atoms with Crippen LogP contribution in [-0.4, -0.2) is 18.4 Å². The third kappa shape index (κ3) is 6.38. The molecule has 0 radical (unpaired) electrons. The van der Waals surface area contributed by atoms with Crippen molar-refractivity contribution >= 4 is 33.8 Å². The summed E-state index contributed by atoms with van der Waals surface area (Å²) >= 11 is 1.56. The van der Waals surface area contributed by atoms with E-state index in [1.54, 1.807) is 11.3 Å². The Bertz CT molecular complexity index is 1180. The first-order valence-electron chi connectivity index (χ1n) is 12.3. The predicted octanol–water partition coefficient (Wildman–Crippen LogP) is 6.19. The molecule has 0 bridgehead atoms. The number of carbonyl (C=O) groups excluding carboxylic acids is 2. The lowest BCUT2D eigenvalue weighted by molar-refractivity contribution is -0.115. The smallest absolute Gasteiger partial charge is 0.258 e. The van der Waals surface area contributed by atoms with E-state index in [1.807, 2.05) is 61.5 Å². The Morgan fingerprint density at radius 2 is 1.71 bits per heavy atom. The maximum atomic E-state index is 13.4. The number of amides is 2. The highest BCUT2D eigenvalue weighted by atomic mass is 32.1. The van der Waals surface area contributed by atoms with E-state index in [2.05, 4.69) is 36.7 Å². The lowest BCUT2D eigenvalue weighted by atomic mass is 9.72. The van der Waals surface area contributed by atoms with Crippen LogP contribution in [0, 0.1) is 18.3 Å². The molecule has 3 aromatic rings. The molecule has 1 aromatic heterocycles. The molecule has 0 aliphatic heterocycles. The molecule has 6 heteroatoms. The van der Waals surface area contributed by atoms with E-state index in [9.17, 15) is 9.59 Å². The molecule has 0 fully saturated rings. The summed E-state index contributed by atoms with van der Waals surface area (Å²) in [4.78, 5) is 27.5. The van der Waals surface area contributed by atoms with E-state index in [1.165, 1.54) is 4.88 Å². The van der Waals surface area contributed by atoms with Crippen molar-refractivity contribution in [2.75, 3.05) is 17.2 Å². The molecule has 0 saturated heterocycles. The van der Waals surface area contributed by atoms with E-state index in [0.717, 1.165) is 41.6 Å². The van der Waals surface area contributed by atoms with Crippen LogP contribution in [0.15, 0.2) is 54.6 Å². The second-order valence-corrected chi connectivity index (χ2v) is 11.6. The molecule has 1 heterocycles. The van der Waals surface area contributed by atoms with Gasteiger partial charge < -0.3 is 16.0 Å². The van der Waals surface area contributed by atoms with Crippen molar-refractivity contribution < 1.29 is 9.59 Å². The first-order valence-corrected chi connectivity index (χ1v) is 13.1. The molecule has 184 valence electrons. The van der Waals surface area contributed by atoms with Crippen LogP contribution in [-0.2, 0) is 24.2 Å². The molecule has 1 unspecified atom stereocenters. The summed E-state index contributed by atoms with van der Waals surface area (Å²) in [5.41, 5.74) is 4.93. The molecular formula is C29H35N3O2S. The van der Waals surface area contributed by atoms with Gasteiger partial charge in [-0.1, -0.05) is 68.8 Å². The standard InChI is InChI=1S/C29H35N3O2S/c1-19-10-13-22(14-11-19)31-27(34)26-23-15-12-21(29(2,3)4)16-24(23)35-28(26)32-25(33)18-30-17-20-8-6-5-7-9-20/h5-11,13-14,21,30H,12,15-18H2,1-4H3,(H,31,34)(H,32,33). The van der Waals surface area contributed by atoms with Crippen molar-refractivity contribution in [3.63, 3.8) is 0 Å². The van der Waals surface area contributed by atoms with Crippen molar-refractivity contribution in [2.45, 2.75) is 53.5 Å². The molecule has 0 spiro atoms. The molecule has 4 rings (SSSR count). The summed E-state index contributed by atoms with van der Waals surface area (Å²) in [5, 5.41) is 9.93. The second-order valence-electron chi connectivity index (χ2n) is 10.5. The zero-order valence-electron chi connectivity index (χ0n) is 21.0. The minimum atomic E-state index is -0.159. The highest BCUT2D eigenvalue weighted by Crippen LogP contribution is 2.44. The lowest BCUT2D eigenvalue weighted by Crippen LogP contribution is -2.28. The van der Waals surface area contributed by atoms with Crippen molar-refractivity contribution in [1.29, 1.82) is 0 Å². The lowest BCUT2D eigenvalue weighted by Gasteiger charge is -2.33. The van der Waals surface area contributed by atoms with Crippen LogP contribution in [0.4, 0.5) is 10.7 Å². The van der Waals surface area contributed by atoms with Crippen LogP contribution in [0.5, 0.6) is 0 Å². The summed E-state index contributed by atoms with van der Waals surface area (Å²) < 4.78 is 0. The van der Waals surface area contributed by atoms with Gasteiger partial charge in [0.1, 0.15) is 5.00 Å². The fourth-order valence-electron chi connectivity index (χ4n) is 4.57. The summed E-state index contributed by atoms with van der Waals surface area (Å²) in [6.45, 7) is 9.66. The van der Waals surface area contributed by atoms with Gasteiger partial charge in [0.15, 0.2) is 0 Å². The number of hydrogen-bond donors (Lipinski definition) is 3. The van der Waals surface area contributed by atoms with Crippen LogP contribution >= 0.6 is 11.3 Å². The van der Waals surface area contributed by atoms with Gasteiger partial charge in [0, 0.05) is 17.1 Å². The van der Waals surface area contributed by atoms with Crippen molar-refractivity contribution in [3.05, 3.63) is 81.7 Å². The van der Waals surface area contributed by atoms with E-state index < -0.39 is 0 Å². The first kappa shape index (κ1) is 25.1. The SMILES string of the molecule is Cc1ccc(NC(=O)c2c(NC(=O)CNCc3ccccc3)sc3c2CCC(C(C)(C)C)C3)cc1. The van der Waals surface area contributed by atoms with E-state index in [-0.39, 0.29) is 23.8 Å². The van der Waals surface area contributed by atoms with Crippen LogP contribution in [0.25, 0.3) is 0 Å². The number of aryl methyl sites for hydroxylation is 1. The molecule has 0 saturated carbocycles. The highest BCUT2D eigenvalue weighted by Gasteiger charge is 2.34. The third-order valence-electron chi connectivity index (χ3n) is 6.74. The molecule has 35 heavy (non-hydrogen) atoms. The number of thiophene rings is 1. The average molecular weight is 490 g/mol. The highest BCUT2D eigenvalue weighted by molar-refractivity contribution is 7.17. The fraction of sp³-hybridized carbons (Fsp3) is 0.379. The molecule has 2 amide bonds. The van der Waals surface area contributed by atoms with Crippen LogP contribution < -0.4 is 16.0 Å². The van der Waals surface area contributed by atoms with Crippen LogP contribution in [0.1, 0.15) is 59.1 Å². The topological polar surface area (TPSA) is 70.2 Å². The number of fused-ring (bicyclic) bond motifs is 1.